The van der Waals surface area contributed by atoms with Crippen molar-refractivity contribution in [2.24, 2.45) is 0 Å². The van der Waals surface area contributed by atoms with E-state index >= 15 is 0 Å². The summed E-state index contributed by atoms with van der Waals surface area (Å²) in [5.41, 5.74) is 2.69. The van der Waals surface area contributed by atoms with E-state index in [-0.39, 0.29) is 11.6 Å². The summed E-state index contributed by atoms with van der Waals surface area (Å²) in [6.45, 7) is 3.84. The standard InChI is InChI=1S/C19H16N2O4/c1-12-8-9-13(2)15(10-12)24-18-16(25-19(22)23)11-20-17(21-18)14-6-4-3-5-7-14/h3-11H,1-2H3,(H,22,23). The van der Waals surface area contributed by atoms with Crippen LogP contribution >= 0.6 is 0 Å². The summed E-state index contributed by atoms with van der Waals surface area (Å²) in [6, 6.07) is 15.1. The summed E-state index contributed by atoms with van der Waals surface area (Å²) >= 11 is 0. The highest BCUT2D eigenvalue weighted by Gasteiger charge is 2.16. The third-order valence-electron chi connectivity index (χ3n) is 3.50. The maximum Gasteiger partial charge on any atom is 0.511 e. The zero-order valence-corrected chi connectivity index (χ0v) is 13.8. The fourth-order valence-corrected chi connectivity index (χ4v) is 2.24. The van der Waals surface area contributed by atoms with Gasteiger partial charge in [-0.25, -0.2) is 9.78 Å². The molecule has 3 aromatic rings. The van der Waals surface area contributed by atoms with Gasteiger partial charge in [0.25, 0.3) is 5.88 Å². The van der Waals surface area contributed by atoms with E-state index in [1.54, 1.807) is 0 Å². The van der Waals surface area contributed by atoms with Crippen LogP contribution in [0.5, 0.6) is 17.4 Å². The van der Waals surface area contributed by atoms with Crippen molar-refractivity contribution in [3.63, 3.8) is 0 Å². The molecule has 6 heteroatoms. The number of carboxylic acid groups (broad SMARTS) is 1. The average molecular weight is 336 g/mol. The Morgan fingerprint density at radius 2 is 1.80 bits per heavy atom. The minimum absolute atomic E-state index is 0.0463. The number of rotatable bonds is 4. The molecule has 0 bridgehead atoms. The molecule has 1 heterocycles. The van der Waals surface area contributed by atoms with Crippen molar-refractivity contribution in [2.75, 3.05) is 0 Å². The van der Waals surface area contributed by atoms with Gasteiger partial charge in [0.15, 0.2) is 5.82 Å². The van der Waals surface area contributed by atoms with Gasteiger partial charge >= 0.3 is 6.16 Å². The van der Waals surface area contributed by atoms with Crippen LogP contribution in [0.2, 0.25) is 0 Å². The highest BCUT2D eigenvalue weighted by molar-refractivity contribution is 5.63. The van der Waals surface area contributed by atoms with Gasteiger partial charge in [-0.2, -0.15) is 4.98 Å². The average Bonchev–Trinajstić information content (AvgIpc) is 2.60. The zero-order chi connectivity index (χ0) is 17.8. The summed E-state index contributed by atoms with van der Waals surface area (Å²) in [4.78, 5) is 19.4. The second-order valence-electron chi connectivity index (χ2n) is 5.47. The second-order valence-corrected chi connectivity index (χ2v) is 5.47. The van der Waals surface area contributed by atoms with Crippen molar-refractivity contribution in [2.45, 2.75) is 13.8 Å². The van der Waals surface area contributed by atoms with Crippen LogP contribution < -0.4 is 9.47 Å². The number of carbonyl (C=O) groups is 1. The minimum Gasteiger partial charge on any atom is -0.449 e. The molecule has 3 rings (SSSR count). The normalized spacial score (nSPS) is 10.3. The molecule has 0 aliphatic heterocycles. The Kier molecular flexibility index (Phi) is 4.61. The maximum absolute atomic E-state index is 10.9. The molecule has 1 aromatic heterocycles. The number of benzene rings is 2. The van der Waals surface area contributed by atoms with Crippen LogP contribution in [-0.2, 0) is 0 Å². The van der Waals surface area contributed by atoms with Gasteiger partial charge in [0.2, 0.25) is 5.75 Å². The molecular weight excluding hydrogens is 320 g/mol. The van der Waals surface area contributed by atoms with Crippen molar-refractivity contribution in [3.05, 3.63) is 65.9 Å². The fraction of sp³-hybridized carbons (Fsp3) is 0.105. The second kappa shape index (κ2) is 7.00. The van der Waals surface area contributed by atoms with Crippen LogP contribution in [0.15, 0.2) is 54.7 Å². The monoisotopic (exact) mass is 336 g/mol. The lowest BCUT2D eigenvalue weighted by Crippen LogP contribution is -2.06. The molecule has 6 nitrogen and oxygen atoms in total. The van der Waals surface area contributed by atoms with Crippen molar-refractivity contribution >= 4 is 6.16 Å². The molecule has 0 saturated carbocycles. The first kappa shape index (κ1) is 16.4. The van der Waals surface area contributed by atoms with Gasteiger partial charge in [-0.1, -0.05) is 42.5 Å². The Hall–Kier alpha value is -3.41. The molecule has 0 saturated heterocycles. The van der Waals surface area contributed by atoms with Gasteiger partial charge in [0.1, 0.15) is 5.75 Å². The molecule has 126 valence electrons. The molecule has 0 atom stereocenters. The lowest BCUT2D eigenvalue weighted by Gasteiger charge is -2.12. The Bertz CT molecular complexity index is 911. The number of hydrogen-bond acceptors (Lipinski definition) is 5. The molecule has 0 aliphatic carbocycles. The number of aromatic nitrogens is 2. The van der Waals surface area contributed by atoms with E-state index in [2.05, 4.69) is 9.97 Å². The Balaban J connectivity index is 2.04. The molecule has 0 fully saturated rings. The van der Waals surface area contributed by atoms with E-state index < -0.39 is 6.16 Å². The van der Waals surface area contributed by atoms with Gasteiger partial charge in [-0.05, 0) is 31.0 Å². The van der Waals surface area contributed by atoms with E-state index in [0.29, 0.717) is 11.6 Å². The lowest BCUT2D eigenvalue weighted by atomic mass is 10.1. The Labute approximate surface area is 144 Å². The number of ether oxygens (including phenoxy) is 2. The van der Waals surface area contributed by atoms with Crippen molar-refractivity contribution < 1.29 is 19.4 Å². The molecule has 0 aliphatic rings. The van der Waals surface area contributed by atoms with Crippen LogP contribution in [-0.4, -0.2) is 21.2 Å². The minimum atomic E-state index is -1.46. The molecule has 0 amide bonds. The maximum atomic E-state index is 10.9. The van der Waals surface area contributed by atoms with Gasteiger partial charge in [0.05, 0.1) is 6.20 Å². The van der Waals surface area contributed by atoms with E-state index in [1.807, 2.05) is 62.4 Å². The van der Waals surface area contributed by atoms with Crippen molar-refractivity contribution in [1.82, 2.24) is 9.97 Å². The number of nitrogens with zero attached hydrogens (tertiary/aromatic N) is 2. The van der Waals surface area contributed by atoms with Gasteiger partial charge in [-0.15, -0.1) is 0 Å². The lowest BCUT2D eigenvalue weighted by molar-refractivity contribution is 0.142. The predicted octanol–water partition coefficient (Wildman–Crippen LogP) is 4.61. The van der Waals surface area contributed by atoms with E-state index in [4.69, 9.17) is 14.6 Å². The van der Waals surface area contributed by atoms with Crippen molar-refractivity contribution in [3.8, 4) is 28.8 Å². The van der Waals surface area contributed by atoms with Gasteiger partial charge in [0, 0.05) is 5.56 Å². The van der Waals surface area contributed by atoms with E-state index in [1.165, 1.54) is 6.20 Å². The van der Waals surface area contributed by atoms with Crippen molar-refractivity contribution in [1.29, 1.82) is 0 Å². The first-order valence-electron chi connectivity index (χ1n) is 7.61. The summed E-state index contributed by atoms with van der Waals surface area (Å²) in [5.74, 6) is 0.977. The number of hydrogen-bond donors (Lipinski definition) is 1. The largest absolute Gasteiger partial charge is 0.511 e. The molecular formula is C19H16N2O4. The molecule has 0 radical (unpaired) electrons. The first-order chi connectivity index (χ1) is 12.0. The fourth-order valence-electron chi connectivity index (χ4n) is 2.24. The molecule has 0 unspecified atom stereocenters. The summed E-state index contributed by atoms with van der Waals surface area (Å²) in [7, 11) is 0. The number of aryl methyl sites for hydroxylation is 2. The first-order valence-corrected chi connectivity index (χ1v) is 7.61. The molecule has 25 heavy (non-hydrogen) atoms. The molecule has 1 N–H and O–H groups in total. The summed E-state index contributed by atoms with van der Waals surface area (Å²) in [6.07, 6.45) is -0.161. The Morgan fingerprint density at radius 3 is 2.52 bits per heavy atom. The van der Waals surface area contributed by atoms with Crippen LogP contribution in [0.3, 0.4) is 0 Å². The third-order valence-corrected chi connectivity index (χ3v) is 3.50. The quantitative estimate of drug-likeness (QED) is 0.701. The molecule has 0 spiro atoms. The smallest absolute Gasteiger partial charge is 0.449 e. The highest BCUT2D eigenvalue weighted by atomic mass is 16.7. The summed E-state index contributed by atoms with van der Waals surface area (Å²) < 4.78 is 10.6. The van der Waals surface area contributed by atoms with Crippen LogP contribution in [0.25, 0.3) is 11.4 Å². The predicted molar refractivity (Wildman–Crippen MR) is 92.1 cm³/mol. The van der Waals surface area contributed by atoms with E-state index in [9.17, 15) is 4.79 Å². The van der Waals surface area contributed by atoms with Crippen LogP contribution in [0.1, 0.15) is 11.1 Å². The SMILES string of the molecule is Cc1ccc(C)c(Oc2nc(-c3ccccc3)ncc2OC(=O)O)c1. The van der Waals surface area contributed by atoms with Gasteiger partial charge < -0.3 is 14.6 Å². The van der Waals surface area contributed by atoms with E-state index in [0.717, 1.165) is 16.7 Å². The van der Waals surface area contributed by atoms with Crippen LogP contribution in [0.4, 0.5) is 4.79 Å². The third kappa shape index (κ3) is 3.92. The summed E-state index contributed by atoms with van der Waals surface area (Å²) in [5, 5.41) is 8.91. The molecule has 2 aromatic carbocycles. The topological polar surface area (TPSA) is 81.5 Å². The zero-order valence-electron chi connectivity index (χ0n) is 13.8. The van der Waals surface area contributed by atoms with Gasteiger partial charge in [-0.3, -0.25) is 0 Å². The van der Waals surface area contributed by atoms with Crippen LogP contribution in [0, 0.1) is 13.8 Å². The highest BCUT2D eigenvalue weighted by Crippen LogP contribution is 2.33. The Morgan fingerprint density at radius 1 is 1.04 bits per heavy atom.